The second-order valence-electron chi connectivity index (χ2n) is 6.05. The monoisotopic (exact) mass is 274 g/mol. The first-order chi connectivity index (χ1) is 10.4. The van der Waals surface area contributed by atoms with E-state index in [9.17, 15) is 0 Å². The molecule has 0 saturated heterocycles. The molecule has 2 nitrogen and oxygen atoms in total. The van der Waals surface area contributed by atoms with Crippen LogP contribution in [0, 0.1) is 17.7 Å². The Morgan fingerprint density at radius 1 is 0.905 bits per heavy atom. The van der Waals surface area contributed by atoms with Gasteiger partial charge in [0.15, 0.2) is 0 Å². The van der Waals surface area contributed by atoms with E-state index in [4.69, 9.17) is 0 Å². The number of hydrogen-bond donors (Lipinski definition) is 2. The van der Waals surface area contributed by atoms with Crippen LogP contribution >= 0.6 is 0 Å². The Labute approximate surface area is 126 Å². The highest BCUT2D eigenvalue weighted by atomic mass is 15.0. The molecule has 2 aromatic rings. The van der Waals surface area contributed by atoms with Crippen LogP contribution in [0.1, 0.15) is 32.1 Å². The Morgan fingerprint density at radius 3 is 2.24 bits per heavy atom. The van der Waals surface area contributed by atoms with Crippen LogP contribution in [0.4, 0.5) is 11.4 Å². The van der Waals surface area contributed by atoms with Gasteiger partial charge in [-0.1, -0.05) is 49.3 Å². The lowest BCUT2D eigenvalue weighted by Gasteiger charge is -2.23. The van der Waals surface area contributed by atoms with Crippen LogP contribution in [0.25, 0.3) is 10.8 Å². The molecule has 1 saturated carbocycles. The minimum absolute atomic E-state index is 0.0208. The highest BCUT2D eigenvalue weighted by Gasteiger charge is 2.22. The molecule has 0 amide bonds. The average molecular weight is 274 g/mol. The van der Waals surface area contributed by atoms with Gasteiger partial charge in [-0.05, 0) is 30.4 Å². The third-order valence-corrected chi connectivity index (χ3v) is 4.54. The zero-order valence-corrected chi connectivity index (χ0v) is 12.2. The summed E-state index contributed by atoms with van der Waals surface area (Å²) in [5.41, 5.74) is 2.37. The lowest BCUT2D eigenvalue weighted by Crippen LogP contribution is -2.36. The van der Waals surface area contributed by atoms with Crippen molar-refractivity contribution >= 4 is 29.1 Å². The molecule has 0 aromatic heterocycles. The van der Waals surface area contributed by atoms with E-state index in [-0.39, 0.29) is 6.98 Å². The molecule has 4 rings (SSSR count). The van der Waals surface area contributed by atoms with Crippen molar-refractivity contribution in [1.82, 2.24) is 0 Å². The van der Waals surface area contributed by atoms with Crippen molar-refractivity contribution in [2.24, 2.45) is 5.92 Å². The van der Waals surface area contributed by atoms with E-state index >= 15 is 0 Å². The fourth-order valence-electron chi connectivity index (χ4n) is 3.45. The summed E-state index contributed by atoms with van der Waals surface area (Å²) >= 11 is 0. The highest BCUT2D eigenvalue weighted by Crippen LogP contribution is 2.33. The fraction of sp³-hybridized carbons (Fsp3) is 0.333. The lowest BCUT2D eigenvalue weighted by atomic mass is 9.73. The van der Waals surface area contributed by atoms with Crippen LogP contribution in [0.2, 0.25) is 0 Å². The molecular formula is C18H19BN2. The quantitative estimate of drug-likeness (QED) is 0.553. The van der Waals surface area contributed by atoms with E-state index < -0.39 is 0 Å². The van der Waals surface area contributed by atoms with E-state index in [1.165, 1.54) is 54.3 Å². The predicted octanol–water partition coefficient (Wildman–Crippen LogP) is 4.29. The zero-order chi connectivity index (χ0) is 14.1. The van der Waals surface area contributed by atoms with Gasteiger partial charge in [0.2, 0.25) is 0 Å². The first kappa shape index (κ1) is 12.6. The molecule has 2 N–H and O–H groups in total. The van der Waals surface area contributed by atoms with Crippen LogP contribution in [0.3, 0.4) is 0 Å². The maximum atomic E-state index is 3.52. The Morgan fingerprint density at radius 2 is 1.57 bits per heavy atom. The molecule has 0 radical (unpaired) electrons. The Bertz CT molecular complexity index is 682. The first-order valence-electron chi connectivity index (χ1n) is 7.96. The van der Waals surface area contributed by atoms with Crippen LogP contribution in [0.15, 0.2) is 36.4 Å². The van der Waals surface area contributed by atoms with Crippen LogP contribution in [0.5, 0.6) is 0 Å². The standard InChI is InChI=1S/C18H19BN2/c1-2-6-14(7-3-1)12-13-19-20-16-10-4-8-15-9-5-11-17(21-19)18(15)16/h4-5,8-11,14,20-21H,1-3,6-7H2. The second-order valence-corrected chi connectivity index (χ2v) is 6.05. The smallest absolute Gasteiger partial charge is 0.398 e. The average Bonchev–Trinajstić information content (AvgIpc) is 2.54. The van der Waals surface area contributed by atoms with Crippen molar-refractivity contribution in [2.75, 3.05) is 10.5 Å². The predicted molar refractivity (Wildman–Crippen MR) is 91.3 cm³/mol. The normalized spacial score (nSPS) is 17.6. The summed E-state index contributed by atoms with van der Waals surface area (Å²) in [6.45, 7) is 0.0208. The Kier molecular flexibility index (Phi) is 3.23. The minimum Gasteiger partial charge on any atom is -0.398 e. The third-order valence-electron chi connectivity index (χ3n) is 4.54. The minimum atomic E-state index is 0.0208. The summed E-state index contributed by atoms with van der Waals surface area (Å²) in [5, 5.41) is 9.57. The number of nitrogens with one attached hydrogen (secondary N) is 2. The summed E-state index contributed by atoms with van der Waals surface area (Å²) < 4.78 is 0. The molecule has 21 heavy (non-hydrogen) atoms. The SMILES string of the molecule is C(#CC1CCCCC1)B1Nc2cccc3cccc(c23)N1. The van der Waals surface area contributed by atoms with Gasteiger partial charge >= 0.3 is 6.98 Å². The Hall–Kier alpha value is -2.08. The van der Waals surface area contributed by atoms with Crippen molar-refractivity contribution in [3.05, 3.63) is 36.4 Å². The second kappa shape index (κ2) is 5.37. The van der Waals surface area contributed by atoms with Crippen molar-refractivity contribution < 1.29 is 0 Å². The lowest BCUT2D eigenvalue weighted by molar-refractivity contribution is 0.430. The van der Waals surface area contributed by atoms with Crippen LogP contribution < -0.4 is 10.5 Å². The molecule has 0 unspecified atom stereocenters. The zero-order valence-electron chi connectivity index (χ0n) is 12.2. The third kappa shape index (κ3) is 2.47. The molecule has 1 heterocycles. The van der Waals surface area contributed by atoms with E-state index in [1.807, 2.05) is 0 Å². The van der Waals surface area contributed by atoms with Crippen molar-refractivity contribution in [3.8, 4) is 11.7 Å². The van der Waals surface area contributed by atoms with E-state index in [0.29, 0.717) is 5.92 Å². The van der Waals surface area contributed by atoms with E-state index in [1.54, 1.807) is 0 Å². The summed E-state index contributed by atoms with van der Waals surface area (Å²) in [7, 11) is 0. The molecule has 0 spiro atoms. The number of benzene rings is 2. The van der Waals surface area contributed by atoms with Gasteiger partial charge in [0.05, 0.1) is 0 Å². The summed E-state index contributed by atoms with van der Waals surface area (Å²) in [4.78, 5) is 0. The van der Waals surface area contributed by atoms with Gasteiger partial charge in [-0.15, -0.1) is 5.92 Å². The fourth-order valence-corrected chi connectivity index (χ4v) is 3.45. The van der Waals surface area contributed by atoms with Gasteiger partial charge in [0.1, 0.15) is 0 Å². The molecular weight excluding hydrogens is 255 g/mol. The van der Waals surface area contributed by atoms with Crippen molar-refractivity contribution in [3.63, 3.8) is 0 Å². The molecule has 0 atom stereocenters. The maximum absolute atomic E-state index is 3.52. The van der Waals surface area contributed by atoms with Gasteiger partial charge in [0.25, 0.3) is 0 Å². The molecule has 2 aromatic carbocycles. The number of hydrogen-bond acceptors (Lipinski definition) is 2. The van der Waals surface area contributed by atoms with Crippen LogP contribution in [-0.4, -0.2) is 6.98 Å². The molecule has 0 bridgehead atoms. The van der Waals surface area contributed by atoms with Gasteiger partial charge in [-0.2, -0.15) is 0 Å². The molecule has 104 valence electrons. The molecule has 2 aliphatic rings. The van der Waals surface area contributed by atoms with Crippen molar-refractivity contribution in [2.45, 2.75) is 32.1 Å². The maximum Gasteiger partial charge on any atom is 0.460 e. The molecule has 1 aliphatic carbocycles. The topological polar surface area (TPSA) is 24.1 Å². The van der Waals surface area contributed by atoms with E-state index in [0.717, 1.165) is 0 Å². The van der Waals surface area contributed by atoms with Gasteiger partial charge < -0.3 is 10.5 Å². The number of rotatable bonds is 0. The Balaban J connectivity index is 1.60. The summed E-state index contributed by atoms with van der Waals surface area (Å²) in [6.07, 6.45) is 6.60. The summed E-state index contributed by atoms with van der Waals surface area (Å²) in [5.74, 6) is 7.47. The molecule has 3 heteroatoms. The number of anilines is 2. The van der Waals surface area contributed by atoms with Crippen molar-refractivity contribution in [1.29, 1.82) is 0 Å². The van der Waals surface area contributed by atoms with Gasteiger partial charge in [-0.25, -0.2) is 0 Å². The first-order valence-corrected chi connectivity index (χ1v) is 7.96. The van der Waals surface area contributed by atoms with E-state index in [2.05, 4.69) is 58.6 Å². The van der Waals surface area contributed by atoms with Crippen LogP contribution in [-0.2, 0) is 0 Å². The molecule has 1 aliphatic heterocycles. The highest BCUT2D eigenvalue weighted by molar-refractivity contribution is 6.75. The largest absolute Gasteiger partial charge is 0.460 e. The summed E-state index contributed by atoms with van der Waals surface area (Å²) in [6, 6.07) is 12.8. The van der Waals surface area contributed by atoms with Gasteiger partial charge in [-0.3, -0.25) is 0 Å². The van der Waals surface area contributed by atoms with Gasteiger partial charge in [0, 0.05) is 22.7 Å². The molecule has 1 fully saturated rings.